The number of rotatable bonds is 8. The summed E-state index contributed by atoms with van der Waals surface area (Å²) in [5.41, 5.74) is 1.00. The number of nitrogens with one attached hydrogen (secondary N) is 2. The molecule has 1 aromatic heterocycles. The number of nitrogens with zero attached hydrogens (tertiary/aromatic N) is 2. The summed E-state index contributed by atoms with van der Waals surface area (Å²) in [6.45, 7) is 7.10. The van der Waals surface area contributed by atoms with Gasteiger partial charge in [-0.3, -0.25) is 0 Å². The first kappa shape index (κ1) is 15.7. The summed E-state index contributed by atoms with van der Waals surface area (Å²) < 4.78 is 0. The molecule has 1 unspecified atom stereocenters. The predicted octanol–water partition coefficient (Wildman–Crippen LogP) is 1.19. The average Bonchev–Trinajstić information content (AvgIpc) is 2.41. The van der Waals surface area contributed by atoms with Crippen molar-refractivity contribution in [3.8, 4) is 0 Å². The molecular formula is C13H24N4O2. The number of hydrogen-bond acceptors (Lipinski definition) is 6. The summed E-state index contributed by atoms with van der Waals surface area (Å²) in [4.78, 5) is 8.49. The molecule has 6 heteroatoms. The van der Waals surface area contributed by atoms with Gasteiger partial charge in [0, 0.05) is 18.7 Å². The van der Waals surface area contributed by atoms with E-state index in [1.807, 2.05) is 0 Å². The first-order valence-electron chi connectivity index (χ1n) is 6.71. The Hall–Kier alpha value is -1.40. The maximum atomic E-state index is 9.39. The Morgan fingerprint density at radius 2 is 1.84 bits per heavy atom. The summed E-state index contributed by atoms with van der Waals surface area (Å²) in [6.07, 6.45) is 1.73. The van der Waals surface area contributed by atoms with E-state index in [0.717, 1.165) is 24.3 Å². The van der Waals surface area contributed by atoms with Gasteiger partial charge in [0.25, 0.3) is 0 Å². The van der Waals surface area contributed by atoms with Gasteiger partial charge in [0.2, 0.25) is 0 Å². The second-order valence-corrected chi connectivity index (χ2v) is 4.78. The van der Waals surface area contributed by atoms with E-state index in [1.165, 1.54) is 6.33 Å². The van der Waals surface area contributed by atoms with Crippen LogP contribution in [0.15, 0.2) is 6.33 Å². The molecule has 0 aromatic carbocycles. The zero-order valence-electron chi connectivity index (χ0n) is 11.8. The molecule has 1 heterocycles. The first-order chi connectivity index (χ1) is 9.10. The first-order valence-corrected chi connectivity index (χ1v) is 6.71. The van der Waals surface area contributed by atoms with Crippen LogP contribution >= 0.6 is 0 Å². The van der Waals surface area contributed by atoms with Crippen molar-refractivity contribution in [2.24, 2.45) is 0 Å². The lowest BCUT2D eigenvalue weighted by Crippen LogP contribution is -2.24. The van der Waals surface area contributed by atoms with Gasteiger partial charge in [-0.15, -0.1) is 0 Å². The van der Waals surface area contributed by atoms with E-state index in [1.54, 1.807) is 0 Å². The van der Waals surface area contributed by atoms with Crippen LogP contribution in [0.5, 0.6) is 0 Å². The standard InChI is InChI=1S/C13H24N4O2/c1-4-5-14-12-11(9(2)3)13(17-8-16-12)15-6-10(19)7-18/h8-10,18-19H,4-7H2,1-3H3,(H2,14,15,16,17). The second-order valence-electron chi connectivity index (χ2n) is 4.78. The Labute approximate surface area is 114 Å². The fourth-order valence-corrected chi connectivity index (χ4v) is 1.75. The molecule has 0 fully saturated rings. The summed E-state index contributed by atoms with van der Waals surface area (Å²) in [5, 5.41) is 24.6. The molecule has 19 heavy (non-hydrogen) atoms. The molecule has 0 aliphatic carbocycles. The minimum Gasteiger partial charge on any atom is -0.394 e. The second kappa shape index (κ2) is 7.91. The van der Waals surface area contributed by atoms with E-state index in [0.29, 0.717) is 5.82 Å². The molecule has 0 aliphatic heterocycles. The molecular weight excluding hydrogens is 244 g/mol. The lowest BCUT2D eigenvalue weighted by atomic mass is 10.0. The van der Waals surface area contributed by atoms with Crippen molar-refractivity contribution in [1.29, 1.82) is 0 Å². The van der Waals surface area contributed by atoms with Crippen LogP contribution in [0.25, 0.3) is 0 Å². The predicted molar refractivity (Wildman–Crippen MR) is 76.5 cm³/mol. The molecule has 1 aromatic rings. The minimum atomic E-state index is -0.790. The summed E-state index contributed by atoms with van der Waals surface area (Å²) in [6, 6.07) is 0. The Morgan fingerprint density at radius 3 is 2.37 bits per heavy atom. The molecule has 6 nitrogen and oxygen atoms in total. The van der Waals surface area contributed by atoms with Crippen LogP contribution in [0.1, 0.15) is 38.7 Å². The van der Waals surface area contributed by atoms with Crippen molar-refractivity contribution < 1.29 is 10.2 Å². The van der Waals surface area contributed by atoms with E-state index < -0.39 is 6.10 Å². The molecule has 4 N–H and O–H groups in total. The summed E-state index contributed by atoms with van der Waals surface area (Å²) in [7, 11) is 0. The molecule has 0 amide bonds. The van der Waals surface area contributed by atoms with Gasteiger partial charge in [0.1, 0.15) is 18.0 Å². The SMILES string of the molecule is CCCNc1ncnc(NCC(O)CO)c1C(C)C. The van der Waals surface area contributed by atoms with Gasteiger partial charge < -0.3 is 20.8 Å². The van der Waals surface area contributed by atoms with Gasteiger partial charge in [0.05, 0.1) is 12.7 Å². The van der Waals surface area contributed by atoms with Crippen LogP contribution in [0, 0.1) is 0 Å². The Kier molecular flexibility index (Phi) is 6.52. The van der Waals surface area contributed by atoms with E-state index in [9.17, 15) is 5.11 Å². The highest BCUT2D eigenvalue weighted by Crippen LogP contribution is 2.28. The van der Waals surface area contributed by atoms with Gasteiger partial charge in [-0.25, -0.2) is 9.97 Å². The number of aliphatic hydroxyl groups is 2. The van der Waals surface area contributed by atoms with Crippen molar-refractivity contribution in [3.63, 3.8) is 0 Å². The largest absolute Gasteiger partial charge is 0.394 e. The summed E-state index contributed by atoms with van der Waals surface area (Å²) in [5.74, 6) is 1.79. The zero-order chi connectivity index (χ0) is 14.3. The monoisotopic (exact) mass is 268 g/mol. The molecule has 0 radical (unpaired) electrons. The zero-order valence-corrected chi connectivity index (χ0v) is 11.8. The normalized spacial score (nSPS) is 12.5. The van der Waals surface area contributed by atoms with Crippen molar-refractivity contribution in [1.82, 2.24) is 9.97 Å². The van der Waals surface area contributed by atoms with Crippen LogP contribution in [-0.4, -0.2) is 46.0 Å². The van der Waals surface area contributed by atoms with Gasteiger partial charge in [-0.05, 0) is 12.3 Å². The van der Waals surface area contributed by atoms with Crippen molar-refractivity contribution in [3.05, 3.63) is 11.9 Å². The molecule has 0 saturated carbocycles. The molecule has 1 rings (SSSR count). The van der Waals surface area contributed by atoms with Crippen molar-refractivity contribution >= 4 is 11.6 Å². The van der Waals surface area contributed by atoms with Crippen LogP contribution in [0.2, 0.25) is 0 Å². The molecule has 108 valence electrons. The highest BCUT2D eigenvalue weighted by molar-refractivity contribution is 5.59. The van der Waals surface area contributed by atoms with E-state index in [-0.39, 0.29) is 19.1 Å². The number of anilines is 2. The minimum absolute atomic E-state index is 0.259. The number of aliphatic hydroxyl groups excluding tert-OH is 2. The quantitative estimate of drug-likeness (QED) is 0.566. The van der Waals surface area contributed by atoms with Crippen LogP contribution in [-0.2, 0) is 0 Å². The smallest absolute Gasteiger partial charge is 0.135 e. The van der Waals surface area contributed by atoms with Gasteiger partial charge >= 0.3 is 0 Å². The maximum absolute atomic E-state index is 9.39. The van der Waals surface area contributed by atoms with E-state index in [2.05, 4.69) is 41.4 Å². The lowest BCUT2D eigenvalue weighted by Gasteiger charge is -2.18. The fourth-order valence-electron chi connectivity index (χ4n) is 1.75. The third-order valence-electron chi connectivity index (χ3n) is 2.72. The van der Waals surface area contributed by atoms with Gasteiger partial charge in [0.15, 0.2) is 0 Å². The third kappa shape index (κ3) is 4.65. The molecule has 0 saturated heterocycles. The van der Waals surface area contributed by atoms with Gasteiger partial charge in [-0.1, -0.05) is 20.8 Å². The van der Waals surface area contributed by atoms with Crippen LogP contribution in [0.4, 0.5) is 11.6 Å². The number of hydrogen-bond donors (Lipinski definition) is 4. The lowest BCUT2D eigenvalue weighted by molar-refractivity contribution is 0.105. The van der Waals surface area contributed by atoms with Crippen LogP contribution < -0.4 is 10.6 Å². The number of aromatic nitrogens is 2. The van der Waals surface area contributed by atoms with Crippen molar-refractivity contribution in [2.45, 2.75) is 39.2 Å². The Balaban J connectivity index is 2.89. The summed E-state index contributed by atoms with van der Waals surface area (Å²) >= 11 is 0. The Morgan fingerprint density at radius 1 is 1.21 bits per heavy atom. The average molecular weight is 268 g/mol. The van der Waals surface area contributed by atoms with Gasteiger partial charge in [-0.2, -0.15) is 0 Å². The highest BCUT2D eigenvalue weighted by Gasteiger charge is 2.15. The molecule has 0 spiro atoms. The topological polar surface area (TPSA) is 90.3 Å². The van der Waals surface area contributed by atoms with E-state index in [4.69, 9.17) is 5.11 Å². The molecule has 1 atom stereocenters. The fraction of sp³-hybridized carbons (Fsp3) is 0.692. The van der Waals surface area contributed by atoms with Crippen molar-refractivity contribution in [2.75, 3.05) is 30.3 Å². The highest BCUT2D eigenvalue weighted by atomic mass is 16.3. The molecule has 0 aliphatic rings. The molecule has 0 bridgehead atoms. The third-order valence-corrected chi connectivity index (χ3v) is 2.72. The maximum Gasteiger partial charge on any atom is 0.135 e. The van der Waals surface area contributed by atoms with Crippen LogP contribution in [0.3, 0.4) is 0 Å². The van der Waals surface area contributed by atoms with E-state index >= 15 is 0 Å². The Bertz CT molecular complexity index is 385.